The molecule has 0 aliphatic rings. The fraction of sp³-hybridized carbons (Fsp3) is 0.300. The van der Waals surface area contributed by atoms with Gasteiger partial charge in [-0.3, -0.25) is 4.79 Å². The number of halogens is 1. The van der Waals surface area contributed by atoms with Gasteiger partial charge in [0.2, 0.25) is 0 Å². The number of carbonyl (C=O) groups is 1. The van der Waals surface area contributed by atoms with Crippen molar-refractivity contribution in [3.05, 3.63) is 28.8 Å². The van der Waals surface area contributed by atoms with Crippen molar-refractivity contribution in [2.45, 2.75) is 0 Å². The van der Waals surface area contributed by atoms with Gasteiger partial charge in [0.25, 0.3) is 0 Å². The highest BCUT2D eigenvalue weighted by atomic mass is 35.5. The molecule has 0 radical (unpaired) electrons. The standard InChI is InChI=1S/C10H11ClO3/c1-13-5-6-14-9-4-2-3-8(7-12)10(9)11/h2-4,7H,5-6H2,1H3. The molecule has 0 saturated carbocycles. The van der Waals surface area contributed by atoms with Crippen LogP contribution in [0.15, 0.2) is 18.2 Å². The lowest BCUT2D eigenvalue weighted by atomic mass is 10.2. The number of benzene rings is 1. The molecule has 0 aromatic heterocycles. The molecule has 0 atom stereocenters. The first kappa shape index (κ1) is 11.0. The SMILES string of the molecule is COCCOc1cccc(C=O)c1Cl. The van der Waals surface area contributed by atoms with Crippen molar-refractivity contribution < 1.29 is 14.3 Å². The summed E-state index contributed by atoms with van der Waals surface area (Å²) < 4.78 is 10.1. The highest BCUT2D eigenvalue weighted by Gasteiger charge is 2.05. The maximum Gasteiger partial charge on any atom is 0.151 e. The van der Waals surface area contributed by atoms with Crippen molar-refractivity contribution in [2.24, 2.45) is 0 Å². The summed E-state index contributed by atoms with van der Waals surface area (Å²) in [6.45, 7) is 0.903. The third kappa shape index (κ3) is 2.72. The summed E-state index contributed by atoms with van der Waals surface area (Å²) in [6.07, 6.45) is 0.700. The highest BCUT2D eigenvalue weighted by molar-refractivity contribution is 6.34. The minimum atomic E-state index is 0.346. The van der Waals surface area contributed by atoms with Gasteiger partial charge in [0.15, 0.2) is 6.29 Å². The maximum absolute atomic E-state index is 10.5. The van der Waals surface area contributed by atoms with Crippen molar-refractivity contribution in [1.82, 2.24) is 0 Å². The molecule has 14 heavy (non-hydrogen) atoms. The van der Waals surface area contributed by atoms with Crippen LogP contribution < -0.4 is 4.74 Å². The molecule has 0 N–H and O–H groups in total. The van der Waals surface area contributed by atoms with Gasteiger partial charge in [-0.15, -0.1) is 0 Å². The number of ether oxygens (including phenoxy) is 2. The topological polar surface area (TPSA) is 35.5 Å². The minimum absolute atomic E-state index is 0.346. The average molecular weight is 215 g/mol. The Balaban J connectivity index is 2.71. The molecule has 1 aromatic rings. The Hall–Kier alpha value is -1.06. The van der Waals surface area contributed by atoms with E-state index in [2.05, 4.69) is 0 Å². The Bertz CT molecular complexity index is 312. The van der Waals surface area contributed by atoms with Crippen LogP contribution in [0.3, 0.4) is 0 Å². The Labute approximate surface area is 87.6 Å². The lowest BCUT2D eigenvalue weighted by Crippen LogP contribution is -2.04. The third-order valence-electron chi connectivity index (χ3n) is 1.67. The summed E-state index contributed by atoms with van der Waals surface area (Å²) in [5.41, 5.74) is 0.432. The number of hydrogen-bond acceptors (Lipinski definition) is 3. The largest absolute Gasteiger partial charge is 0.490 e. The molecule has 1 aromatic carbocycles. The first-order valence-corrected chi connectivity index (χ1v) is 4.53. The van der Waals surface area contributed by atoms with E-state index >= 15 is 0 Å². The van der Waals surface area contributed by atoms with Crippen molar-refractivity contribution in [2.75, 3.05) is 20.3 Å². The predicted molar refractivity (Wildman–Crippen MR) is 54.2 cm³/mol. The van der Waals surface area contributed by atoms with Gasteiger partial charge in [0.1, 0.15) is 12.4 Å². The zero-order chi connectivity index (χ0) is 10.4. The first-order valence-electron chi connectivity index (χ1n) is 4.15. The van der Waals surface area contributed by atoms with Gasteiger partial charge in [-0.1, -0.05) is 17.7 Å². The van der Waals surface area contributed by atoms with Crippen molar-refractivity contribution >= 4 is 17.9 Å². The molecule has 0 fully saturated rings. The van der Waals surface area contributed by atoms with E-state index < -0.39 is 0 Å². The van der Waals surface area contributed by atoms with Crippen molar-refractivity contribution in [3.63, 3.8) is 0 Å². The number of aldehydes is 1. The minimum Gasteiger partial charge on any atom is -0.490 e. The Morgan fingerprint density at radius 2 is 2.21 bits per heavy atom. The van der Waals surface area contributed by atoms with Crippen LogP contribution in [0.25, 0.3) is 0 Å². The van der Waals surface area contributed by atoms with Crippen LogP contribution in [0.4, 0.5) is 0 Å². The summed E-state index contributed by atoms with van der Waals surface area (Å²) in [5.74, 6) is 0.508. The van der Waals surface area contributed by atoms with E-state index in [-0.39, 0.29) is 0 Å². The lowest BCUT2D eigenvalue weighted by Gasteiger charge is -2.07. The first-order chi connectivity index (χ1) is 6.79. The van der Waals surface area contributed by atoms with Crippen LogP contribution in [-0.2, 0) is 4.74 Å². The highest BCUT2D eigenvalue weighted by Crippen LogP contribution is 2.26. The molecule has 0 bridgehead atoms. The maximum atomic E-state index is 10.5. The fourth-order valence-corrected chi connectivity index (χ4v) is 1.19. The van der Waals surface area contributed by atoms with Gasteiger partial charge in [-0.2, -0.15) is 0 Å². The lowest BCUT2D eigenvalue weighted by molar-refractivity contribution is 0.112. The molecule has 1 rings (SSSR count). The van der Waals surface area contributed by atoms with E-state index in [0.717, 1.165) is 0 Å². The Morgan fingerprint density at radius 1 is 1.43 bits per heavy atom. The van der Waals surface area contributed by atoms with E-state index in [1.165, 1.54) is 0 Å². The summed E-state index contributed by atoms with van der Waals surface area (Å²) in [5, 5.41) is 0.346. The van der Waals surface area contributed by atoms with Crippen LogP contribution in [0, 0.1) is 0 Å². The molecule has 0 aliphatic carbocycles. The van der Waals surface area contributed by atoms with Crippen molar-refractivity contribution in [1.29, 1.82) is 0 Å². The Morgan fingerprint density at radius 3 is 2.86 bits per heavy atom. The van der Waals surface area contributed by atoms with E-state index in [4.69, 9.17) is 21.1 Å². The van der Waals surface area contributed by atoms with Crippen LogP contribution in [0.5, 0.6) is 5.75 Å². The van der Waals surface area contributed by atoms with Crippen LogP contribution in [-0.4, -0.2) is 26.6 Å². The zero-order valence-electron chi connectivity index (χ0n) is 7.83. The second-order valence-electron chi connectivity index (χ2n) is 2.62. The summed E-state index contributed by atoms with van der Waals surface area (Å²) >= 11 is 5.89. The molecule has 76 valence electrons. The van der Waals surface area contributed by atoms with Gasteiger partial charge in [-0.05, 0) is 12.1 Å². The second kappa shape index (κ2) is 5.62. The van der Waals surface area contributed by atoms with E-state index in [1.807, 2.05) is 0 Å². The quantitative estimate of drug-likeness (QED) is 0.557. The summed E-state index contributed by atoms with van der Waals surface area (Å²) in [7, 11) is 1.59. The van der Waals surface area contributed by atoms with Crippen LogP contribution in [0.1, 0.15) is 10.4 Å². The van der Waals surface area contributed by atoms with E-state index in [0.29, 0.717) is 35.8 Å². The van der Waals surface area contributed by atoms with Gasteiger partial charge in [-0.25, -0.2) is 0 Å². The number of hydrogen-bond donors (Lipinski definition) is 0. The number of methoxy groups -OCH3 is 1. The average Bonchev–Trinajstić information content (AvgIpc) is 2.21. The van der Waals surface area contributed by atoms with Gasteiger partial charge < -0.3 is 9.47 Å². The van der Waals surface area contributed by atoms with Crippen LogP contribution in [0.2, 0.25) is 5.02 Å². The van der Waals surface area contributed by atoms with Crippen LogP contribution >= 0.6 is 11.6 Å². The predicted octanol–water partition coefficient (Wildman–Crippen LogP) is 2.18. The van der Waals surface area contributed by atoms with E-state index in [9.17, 15) is 4.79 Å². The molecule has 3 nitrogen and oxygen atoms in total. The third-order valence-corrected chi connectivity index (χ3v) is 2.07. The van der Waals surface area contributed by atoms with Gasteiger partial charge in [0.05, 0.1) is 11.6 Å². The Kier molecular flexibility index (Phi) is 4.43. The number of carbonyl (C=O) groups excluding carboxylic acids is 1. The monoisotopic (exact) mass is 214 g/mol. The molecule has 0 spiro atoms. The molecular weight excluding hydrogens is 204 g/mol. The molecule has 0 saturated heterocycles. The summed E-state index contributed by atoms with van der Waals surface area (Å²) in [6, 6.07) is 5.07. The fourth-order valence-electron chi connectivity index (χ4n) is 0.965. The van der Waals surface area contributed by atoms with E-state index in [1.54, 1.807) is 25.3 Å². The smallest absolute Gasteiger partial charge is 0.151 e. The molecule has 4 heteroatoms. The molecule has 0 aliphatic heterocycles. The zero-order valence-corrected chi connectivity index (χ0v) is 8.58. The molecule has 0 unspecified atom stereocenters. The molecule has 0 heterocycles. The summed E-state index contributed by atoms with van der Waals surface area (Å²) in [4.78, 5) is 10.5. The molecule has 0 amide bonds. The van der Waals surface area contributed by atoms with Gasteiger partial charge in [0, 0.05) is 12.7 Å². The van der Waals surface area contributed by atoms with Crippen molar-refractivity contribution in [3.8, 4) is 5.75 Å². The second-order valence-corrected chi connectivity index (χ2v) is 3.00. The normalized spacial score (nSPS) is 9.86. The molecular formula is C10H11ClO3. The van der Waals surface area contributed by atoms with Gasteiger partial charge >= 0.3 is 0 Å². The number of rotatable bonds is 5.